The average molecular weight is 270 g/mol. The van der Waals surface area contributed by atoms with Gasteiger partial charge >= 0.3 is 0 Å². The maximum absolute atomic E-state index is 3.77. The molecular formula is C18H26N2. The first-order chi connectivity index (χ1) is 9.81. The number of nitrogens with zero attached hydrogens (tertiary/aromatic N) is 1. The summed E-state index contributed by atoms with van der Waals surface area (Å²) in [6, 6.07) is 12.1. The summed E-state index contributed by atoms with van der Waals surface area (Å²) in [5.41, 5.74) is 3.19. The molecule has 3 unspecified atom stereocenters. The number of hydrogen-bond acceptors (Lipinski definition) is 2. The molecule has 1 N–H and O–H groups in total. The van der Waals surface area contributed by atoms with Gasteiger partial charge in [-0.25, -0.2) is 0 Å². The fourth-order valence-electron chi connectivity index (χ4n) is 4.77. The molecule has 20 heavy (non-hydrogen) atoms. The Hall–Kier alpha value is -0.860. The van der Waals surface area contributed by atoms with Gasteiger partial charge in [-0.3, -0.25) is 4.90 Å². The highest BCUT2D eigenvalue weighted by Gasteiger charge is 2.37. The lowest BCUT2D eigenvalue weighted by molar-refractivity contribution is 0.113. The molecule has 0 radical (unpaired) electrons. The summed E-state index contributed by atoms with van der Waals surface area (Å²) in [5.74, 6) is 0. The normalized spacial score (nSPS) is 36.1. The van der Waals surface area contributed by atoms with Crippen molar-refractivity contribution >= 4 is 0 Å². The van der Waals surface area contributed by atoms with E-state index in [1.165, 1.54) is 44.9 Å². The van der Waals surface area contributed by atoms with E-state index < -0.39 is 0 Å². The molecule has 2 aliphatic heterocycles. The van der Waals surface area contributed by atoms with Crippen molar-refractivity contribution in [3.8, 4) is 0 Å². The summed E-state index contributed by atoms with van der Waals surface area (Å²) in [7, 11) is 2.38. The van der Waals surface area contributed by atoms with Crippen LogP contribution in [-0.2, 0) is 6.42 Å². The number of aryl methyl sites for hydroxylation is 1. The minimum atomic E-state index is 0.655. The van der Waals surface area contributed by atoms with E-state index in [4.69, 9.17) is 0 Å². The molecule has 0 amide bonds. The van der Waals surface area contributed by atoms with E-state index >= 15 is 0 Å². The Morgan fingerprint density at radius 2 is 1.80 bits per heavy atom. The van der Waals surface area contributed by atoms with E-state index in [-0.39, 0.29) is 0 Å². The smallest absolute Gasteiger partial charge is 0.0350 e. The van der Waals surface area contributed by atoms with E-state index in [1.54, 1.807) is 11.1 Å². The predicted molar refractivity (Wildman–Crippen MR) is 82.9 cm³/mol. The van der Waals surface area contributed by atoms with Crippen molar-refractivity contribution in [2.24, 2.45) is 0 Å². The Balaban J connectivity index is 1.56. The molecule has 2 heterocycles. The first-order valence-corrected chi connectivity index (χ1v) is 8.37. The van der Waals surface area contributed by atoms with E-state index in [1.807, 2.05) is 0 Å². The lowest BCUT2D eigenvalue weighted by Gasteiger charge is -2.42. The lowest BCUT2D eigenvalue weighted by Crippen LogP contribution is -2.48. The molecule has 3 aliphatic rings. The summed E-state index contributed by atoms with van der Waals surface area (Å²) in [6.45, 7) is 0. The Labute approximate surface area is 122 Å². The van der Waals surface area contributed by atoms with Gasteiger partial charge in [-0.2, -0.15) is 0 Å². The molecule has 2 nitrogen and oxygen atoms in total. The van der Waals surface area contributed by atoms with Crippen molar-refractivity contribution in [3.63, 3.8) is 0 Å². The van der Waals surface area contributed by atoms with E-state index in [0.29, 0.717) is 6.04 Å². The van der Waals surface area contributed by atoms with Gasteiger partial charge in [0, 0.05) is 24.2 Å². The molecule has 0 saturated carbocycles. The van der Waals surface area contributed by atoms with Gasteiger partial charge in [0.25, 0.3) is 0 Å². The van der Waals surface area contributed by atoms with Crippen molar-refractivity contribution in [1.82, 2.24) is 10.2 Å². The molecule has 3 atom stereocenters. The van der Waals surface area contributed by atoms with Crippen LogP contribution in [0.4, 0.5) is 0 Å². The zero-order valence-electron chi connectivity index (χ0n) is 12.5. The molecule has 2 heteroatoms. The minimum Gasteiger partial charge on any atom is -0.311 e. The summed E-state index contributed by atoms with van der Waals surface area (Å²) in [4.78, 5) is 2.71. The molecule has 108 valence electrons. The van der Waals surface area contributed by atoms with Gasteiger partial charge in [-0.15, -0.1) is 0 Å². The second-order valence-corrected chi connectivity index (χ2v) is 7.04. The highest BCUT2D eigenvalue weighted by atomic mass is 15.2. The number of hydrogen-bond donors (Lipinski definition) is 1. The third kappa shape index (κ3) is 2.19. The van der Waals surface area contributed by atoms with Crippen LogP contribution in [0.1, 0.15) is 55.7 Å². The van der Waals surface area contributed by atoms with Gasteiger partial charge in [0.2, 0.25) is 0 Å². The quantitative estimate of drug-likeness (QED) is 0.887. The van der Waals surface area contributed by atoms with Crippen molar-refractivity contribution in [2.45, 2.75) is 69.1 Å². The minimum absolute atomic E-state index is 0.655. The molecule has 0 aromatic heterocycles. The Morgan fingerprint density at radius 3 is 2.60 bits per heavy atom. The summed E-state index contributed by atoms with van der Waals surface area (Å²) in [5, 5.41) is 3.77. The SMILES string of the molecule is CN(C1CC2CCC(C1)N2)C1CCCc2ccccc21. The Morgan fingerprint density at radius 1 is 1.05 bits per heavy atom. The maximum Gasteiger partial charge on any atom is 0.0350 e. The van der Waals surface area contributed by atoms with Crippen LogP contribution in [-0.4, -0.2) is 30.1 Å². The monoisotopic (exact) mass is 270 g/mol. The summed E-state index contributed by atoms with van der Waals surface area (Å²) < 4.78 is 0. The molecule has 4 rings (SSSR count). The number of nitrogens with one attached hydrogen (secondary N) is 1. The predicted octanol–water partition coefficient (Wildman–Crippen LogP) is 3.28. The van der Waals surface area contributed by atoms with Gasteiger partial charge in [-0.05, 0) is 63.1 Å². The van der Waals surface area contributed by atoms with Crippen LogP contribution in [0.5, 0.6) is 0 Å². The molecule has 1 aromatic rings. The fourth-order valence-corrected chi connectivity index (χ4v) is 4.77. The first-order valence-electron chi connectivity index (χ1n) is 8.37. The summed E-state index contributed by atoms with van der Waals surface area (Å²) >= 11 is 0. The largest absolute Gasteiger partial charge is 0.311 e. The molecule has 0 spiro atoms. The lowest BCUT2D eigenvalue weighted by atomic mass is 9.85. The second kappa shape index (κ2) is 5.16. The Kier molecular flexibility index (Phi) is 3.31. The van der Waals surface area contributed by atoms with Crippen LogP contribution in [0.15, 0.2) is 24.3 Å². The number of piperidine rings is 1. The second-order valence-electron chi connectivity index (χ2n) is 7.04. The van der Waals surface area contributed by atoms with Crippen molar-refractivity contribution < 1.29 is 0 Å². The summed E-state index contributed by atoms with van der Waals surface area (Å²) in [6.07, 6.45) is 9.47. The van der Waals surface area contributed by atoms with Gasteiger partial charge in [0.15, 0.2) is 0 Å². The van der Waals surface area contributed by atoms with Crippen LogP contribution >= 0.6 is 0 Å². The van der Waals surface area contributed by atoms with Crippen molar-refractivity contribution in [3.05, 3.63) is 35.4 Å². The maximum atomic E-state index is 3.77. The van der Waals surface area contributed by atoms with Gasteiger partial charge in [0.05, 0.1) is 0 Å². The highest BCUT2D eigenvalue weighted by molar-refractivity contribution is 5.32. The zero-order chi connectivity index (χ0) is 13.5. The molecule has 2 bridgehead atoms. The van der Waals surface area contributed by atoms with Crippen molar-refractivity contribution in [1.29, 1.82) is 0 Å². The van der Waals surface area contributed by atoms with E-state index in [2.05, 4.69) is 41.5 Å². The zero-order valence-corrected chi connectivity index (χ0v) is 12.5. The van der Waals surface area contributed by atoms with Gasteiger partial charge in [0.1, 0.15) is 0 Å². The van der Waals surface area contributed by atoms with Gasteiger partial charge < -0.3 is 5.32 Å². The molecule has 1 aromatic carbocycles. The van der Waals surface area contributed by atoms with E-state index in [9.17, 15) is 0 Å². The van der Waals surface area contributed by atoms with Crippen LogP contribution in [0.3, 0.4) is 0 Å². The van der Waals surface area contributed by atoms with Crippen molar-refractivity contribution in [2.75, 3.05) is 7.05 Å². The first kappa shape index (κ1) is 12.8. The highest BCUT2D eigenvalue weighted by Crippen LogP contribution is 2.38. The number of benzene rings is 1. The topological polar surface area (TPSA) is 15.3 Å². The number of fused-ring (bicyclic) bond motifs is 3. The molecular weight excluding hydrogens is 244 g/mol. The molecule has 2 fully saturated rings. The fraction of sp³-hybridized carbons (Fsp3) is 0.667. The molecule has 1 aliphatic carbocycles. The average Bonchev–Trinajstić information content (AvgIpc) is 2.84. The van der Waals surface area contributed by atoms with Crippen LogP contribution in [0, 0.1) is 0 Å². The Bertz CT molecular complexity index is 472. The third-order valence-corrected chi connectivity index (χ3v) is 5.85. The van der Waals surface area contributed by atoms with Gasteiger partial charge in [-0.1, -0.05) is 24.3 Å². The van der Waals surface area contributed by atoms with Crippen LogP contribution in [0.25, 0.3) is 0 Å². The number of rotatable bonds is 2. The molecule has 2 saturated heterocycles. The van der Waals surface area contributed by atoms with E-state index in [0.717, 1.165) is 18.1 Å². The standard InChI is InChI=1S/C18H26N2/c1-20(16-11-14-9-10-15(12-16)19-14)18-8-4-6-13-5-2-3-7-17(13)18/h2-3,5,7,14-16,18-19H,4,6,8-12H2,1H3. The third-order valence-electron chi connectivity index (χ3n) is 5.85. The van der Waals surface area contributed by atoms with Crippen LogP contribution in [0.2, 0.25) is 0 Å². The van der Waals surface area contributed by atoms with Crippen LogP contribution < -0.4 is 5.32 Å².